The molecule has 2 aromatic rings. The van der Waals surface area contributed by atoms with E-state index in [1.54, 1.807) is 19.2 Å². The Bertz CT molecular complexity index is 1260. The van der Waals surface area contributed by atoms with E-state index in [1.165, 1.54) is 22.1 Å². The lowest BCUT2D eigenvalue weighted by Crippen LogP contribution is -2.47. The lowest BCUT2D eigenvalue weighted by molar-refractivity contribution is -0.146. The molecule has 2 fully saturated rings. The smallest absolute Gasteiger partial charge is 0.313 e. The number of halogens is 1. The van der Waals surface area contributed by atoms with E-state index in [9.17, 15) is 14.4 Å². The highest BCUT2D eigenvalue weighted by Gasteiger charge is 2.57. The molecule has 10 heteroatoms. The number of nitrogens with one attached hydrogen (secondary N) is 1. The number of carbonyl (C=O) groups is 3. The van der Waals surface area contributed by atoms with Crippen LogP contribution in [0.4, 0.5) is 21.6 Å². The Labute approximate surface area is 208 Å². The number of aromatic nitrogens is 1. The molecule has 5 rings (SSSR count). The number of carbonyl (C=O) groups excluding carboxylic acids is 3. The summed E-state index contributed by atoms with van der Waals surface area (Å²) < 4.78 is 21.2. The van der Waals surface area contributed by atoms with Crippen molar-refractivity contribution in [2.24, 2.45) is 5.92 Å². The molecule has 3 aliphatic rings. The third-order valence-electron chi connectivity index (χ3n) is 7.39. The van der Waals surface area contributed by atoms with Crippen LogP contribution in [0.5, 0.6) is 5.75 Å². The minimum absolute atomic E-state index is 0.101. The number of ether oxygens (including phenoxy) is 1. The number of nitrogens with zero attached hydrogens (tertiary/aromatic N) is 3. The highest BCUT2D eigenvalue weighted by molar-refractivity contribution is 6.39. The van der Waals surface area contributed by atoms with Crippen LogP contribution < -0.4 is 20.7 Å². The average Bonchev–Trinajstić information content (AvgIpc) is 3.62. The molecule has 2 aliphatic heterocycles. The topological polar surface area (TPSA) is 118 Å². The van der Waals surface area contributed by atoms with Gasteiger partial charge in [0.2, 0.25) is 0 Å². The molecule has 1 saturated heterocycles. The minimum Gasteiger partial charge on any atom is -0.475 e. The van der Waals surface area contributed by atoms with Gasteiger partial charge in [0.15, 0.2) is 11.4 Å². The van der Waals surface area contributed by atoms with Gasteiger partial charge in [-0.3, -0.25) is 14.4 Å². The van der Waals surface area contributed by atoms with Gasteiger partial charge in [-0.25, -0.2) is 9.37 Å². The van der Waals surface area contributed by atoms with Gasteiger partial charge in [-0.15, -0.1) is 0 Å². The number of aryl methyl sites for hydroxylation is 1. The van der Waals surface area contributed by atoms with Crippen LogP contribution in [0.1, 0.15) is 56.7 Å². The van der Waals surface area contributed by atoms with Gasteiger partial charge in [0, 0.05) is 26.4 Å². The number of hydrogen-bond donors (Lipinski definition) is 2. The minimum atomic E-state index is -0.909. The van der Waals surface area contributed by atoms with E-state index in [2.05, 4.69) is 10.3 Å². The normalized spacial score (nSPS) is 22.2. The quantitative estimate of drug-likeness (QED) is 0.632. The summed E-state index contributed by atoms with van der Waals surface area (Å²) in [5, 5.41) is 2.63. The van der Waals surface area contributed by atoms with Crippen molar-refractivity contribution in [1.82, 2.24) is 9.88 Å². The second kappa shape index (κ2) is 8.76. The highest BCUT2D eigenvalue weighted by atomic mass is 19.1. The van der Waals surface area contributed by atoms with Gasteiger partial charge in [0.25, 0.3) is 5.91 Å². The van der Waals surface area contributed by atoms with E-state index < -0.39 is 29.3 Å². The molecule has 2 atom stereocenters. The van der Waals surface area contributed by atoms with Crippen LogP contribution in [0.25, 0.3) is 0 Å². The van der Waals surface area contributed by atoms with Crippen LogP contribution in [-0.2, 0) is 20.8 Å². The largest absolute Gasteiger partial charge is 0.475 e. The molecular formula is C26H30FN5O4. The summed E-state index contributed by atoms with van der Waals surface area (Å²) in [4.78, 5) is 45.8. The van der Waals surface area contributed by atoms with Crippen LogP contribution in [0, 0.1) is 11.7 Å². The highest BCUT2D eigenvalue weighted by Crippen LogP contribution is 2.50. The fraction of sp³-hybridized carbons (Fsp3) is 0.462. The first-order valence-electron chi connectivity index (χ1n) is 12.3. The molecule has 3 amide bonds. The summed E-state index contributed by atoms with van der Waals surface area (Å²) in [6.07, 6.45) is 4.62. The Balaban J connectivity index is 1.42. The molecule has 3 N–H and O–H groups in total. The summed E-state index contributed by atoms with van der Waals surface area (Å²) in [6, 6.07) is 4.24. The van der Waals surface area contributed by atoms with Gasteiger partial charge in [-0.1, -0.05) is 13.8 Å². The Hall–Kier alpha value is -3.69. The first kappa shape index (κ1) is 24.0. The first-order chi connectivity index (χ1) is 17.1. The maximum absolute atomic E-state index is 15.3. The lowest BCUT2D eigenvalue weighted by atomic mass is 9.89. The van der Waals surface area contributed by atoms with Gasteiger partial charge in [-0.2, -0.15) is 0 Å². The zero-order chi connectivity index (χ0) is 25.8. The SMILES string of the molecule is CCc1cc(NC(=O)C(=O)N2C[C@@H](C)CCC2c2cc(F)c3c(c2)OC2(CC2)C(=O)N3C)cnc1N. The van der Waals surface area contributed by atoms with E-state index in [1.807, 2.05) is 13.8 Å². The molecule has 0 bridgehead atoms. The van der Waals surface area contributed by atoms with Crippen molar-refractivity contribution in [1.29, 1.82) is 0 Å². The van der Waals surface area contributed by atoms with E-state index in [-0.39, 0.29) is 17.5 Å². The number of anilines is 3. The number of nitrogen functional groups attached to an aromatic ring is 1. The Kier molecular flexibility index (Phi) is 5.84. The number of likely N-dealkylation sites (tertiary alicyclic amines) is 1. The molecule has 9 nitrogen and oxygen atoms in total. The zero-order valence-electron chi connectivity index (χ0n) is 20.6. The zero-order valence-corrected chi connectivity index (χ0v) is 20.6. The summed E-state index contributed by atoms with van der Waals surface area (Å²) >= 11 is 0. The molecule has 1 aliphatic carbocycles. The van der Waals surface area contributed by atoms with Gasteiger partial charge in [0.1, 0.15) is 17.3 Å². The predicted molar refractivity (Wildman–Crippen MR) is 132 cm³/mol. The number of rotatable bonds is 3. The van der Waals surface area contributed by atoms with Crippen LogP contribution in [-0.4, -0.2) is 46.8 Å². The maximum Gasteiger partial charge on any atom is 0.313 e. The Morgan fingerprint density at radius 2 is 2.03 bits per heavy atom. The van der Waals surface area contributed by atoms with E-state index >= 15 is 4.39 Å². The number of hydrogen-bond acceptors (Lipinski definition) is 6. The van der Waals surface area contributed by atoms with Gasteiger partial charge >= 0.3 is 11.8 Å². The Morgan fingerprint density at radius 3 is 2.72 bits per heavy atom. The summed E-state index contributed by atoms with van der Waals surface area (Å²) in [5.74, 6) is -1.48. The molecule has 1 aromatic carbocycles. The second-order valence-corrected chi connectivity index (χ2v) is 10.0. The van der Waals surface area contributed by atoms with Crippen molar-refractivity contribution in [2.45, 2.75) is 57.6 Å². The summed E-state index contributed by atoms with van der Waals surface area (Å²) in [5.41, 5.74) is 6.73. The third-order valence-corrected chi connectivity index (χ3v) is 7.39. The van der Waals surface area contributed by atoms with E-state index in [0.29, 0.717) is 55.0 Å². The third kappa shape index (κ3) is 4.04. The molecule has 1 spiro atoms. The first-order valence-corrected chi connectivity index (χ1v) is 12.3. The van der Waals surface area contributed by atoms with E-state index in [4.69, 9.17) is 10.5 Å². The van der Waals surface area contributed by atoms with Crippen LogP contribution in [0.15, 0.2) is 24.4 Å². The second-order valence-electron chi connectivity index (χ2n) is 10.0. The average molecular weight is 496 g/mol. The molecule has 36 heavy (non-hydrogen) atoms. The standard InChI is InChI=1S/C26H30FN5O4/c1-4-15-9-17(12-29-22(15)28)30-23(33)24(34)32-13-14(2)5-6-19(32)16-10-18(27)21-20(11-16)36-26(7-8-26)25(35)31(21)3/h9-12,14,19H,4-8,13H2,1-3H3,(H2,28,29)(H,30,33)/t14-,19?/m0/s1. The van der Waals surface area contributed by atoms with Gasteiger partial charge in [0.05, 0.1) is 17.9 Å². The van der Waals surface area contributed by atoms with Crippen molar-refractivity contribution < 1.29 is 23.5 Å². The van der Waals surface area contributed by atoms with Crippen molar-refractivity contribution >= 4 is 34.9 Å². The number of likely N-dealkylation sites (N-methyl/N-ethyl adjacent to an activating group) is 1. The molecule has 190 valence electrons. The monoisotopic (exact) mass is 495 g/mol. The van der Waals surface area contributed by atoms with Gasteiger partial charge < -0.3 is 25.6 Å². The van der Waals surface area contributed by atoms with Crippen molar-refractivity contribution in [3.05, 3.63) is 41.3 Å². The van der Waals surface area contributed by atoms with Crippen LogP contribution in [0.3, 0.4) is 0 Å². The van der Waals surface area contributed by atoms with Crippen molar-refractivity contribution in [3.8, 4) is 5.75 Å². The molecule has 1 saturated carbocycles. The fourth-order valence-corrected chi connectivity index (χ4v) is 5.19. The fourth-order valence-electron chi connectivity index (χ4n) is 5.19. The molecular weight excluding hydrogens is 465 g/mol. The maximum atomic E-state index is 15.3. The van der Waals surface area contributed by atoms with E-state index in [0.717, 1.165) is 12.0 Å². The number of nitrogens with two attached hydrogens (primary N) is 1. The summed E-state index contributed by atoms with van der Waals surface area (Å²) in [6.45, 7) is 4.29. The summed E-state index contributed by atoms with van der Waals surface area (Å²) in [7, 11) is 1.55. The lowest BCUT2D eigenvalue weighted by Gasteiger charge is -2.39. The predicted octanol–water partition coefficient (Wildman–Crippen LogP) is 3.19. The number of fused-ring (bicyclic) bond motifs is 1. The van der Waals surface area contributed by atoms with Crippen LogP contribution in [0.2, 0.25) is 0 Å². The molecule has 1 aromatic heterocycles. The Morgan fingerprint density at radius 1 is 1.28 bits per heavy atom. The molecule has 0 radical (unpaired) electrons. The number of benzene rings is 1. The van der Waals surface area contributed by atoms with Crippen molar-refractivity contribution in [3.63, 3.8) is 0 Å². The molecule has 1 unspecified atom stereocenters. The van der Waals surface area contributed by atoms with Gasteiger partial charge in [-0.05, 0) is 54.5 Å². The van der Waals surface area contributed by atoms with Crippen LogP contribution >= 0.6 is 0 Å². The molecule has 3 heterocycles. The number of piperidine rings is 1. The number of pyridine rings is 1. The number of amides is 3. The van der Waals surface area contributed by atoms with Crippen molar-refractivity contribution in [2.75, 3.05) is 29.5 Å².